The third-order valence-electron chi connectivity index (χ3n) is 2.52. The monoisotopic (exact) mass is 253 g/mol. The summed E-state index contributed by atoms with van der Waals surface area (Å²) < 4.78 is 1.80. The van der Waals surface area contributed by atoms with Crippen molar-refractivity contribution in [3.8, 4) is 0 Å². The van der Waals surface area contributed by atoms with Gasteiger partial charge in [-0.3, -0.25) is 4.79 Å². The Labute approximate surface area is 108 Å². The van der Waals surface area contributed by atoms with Gasteiger partial charge in [0.1, 0.15) is 6.33 Å². The number of nitrogens with one attached hydrogen (secondary N) is 2. The second-order valence-electron chi connectivity index (χ2n) is 5.52. The average Bonchev–Trinajstić information content (AvgIpc) is 2.62. The molecular formula is C12H23N5O. The van der Waals surface area contributed by atoms with Crippen LogP contribution in [0.3, 0.4) is 0 Å². The highest BCUT2D eigenvalue weighted by Gasteiger charge is 2.15. The van der Waals surface area contributed by atoms with Crippen molar-refractivity contribution in [2.24, 2.45) is 7.05 Å². The lowest BCUT2D eigenvalue weighted by Gasteiger charge is -2.20. The molecule has 1 aromatic rings. The summed E-state index contributed by atoms with van der Waals surface area (Å²) in [6, 6.07) is -0.125. The van der Waals surface area contributed by atoms with Gasteiger partial charge >= 0.3 is 0 Å². The van der Waals surface area contributed by atoms with Crippen LogP contribution < -0.4 is 10.6 Å². The molecule has 0 fully saturated rings. The molecule has 1 unspecified atom stereocenters. The van der Waals surface area contributed by atoms with Crippen molar-refractivity contribution in [2.75, 3.05) is 6.54 Å². The van der Waals surface area contributed by atoms with Gasteiger partial charge in [-0.15, -0.1) is 10.2 Å². The Morgan fingerprint density at radius 2 is 2.17 bits per heavy atom. The topological polar surface area (TPSA) is 71.8 Å². The van der Waals surface area contributed by atoms with Crippen LogP contribution in [-0.2, 0) is 11.8 Å². The Hall–Kier alpha value is -1.43. The van der Waals surface area contributed by atoms with Crippen molar-refractivity contribution in [3.63, 3.8) is 0 Å². The minimum Gasteiger partial charge on any atom is -0.346 e. The first-order chi connectivity index (χ1) is 8.29. The van der Waals surface area contributed by atoms with E-state index >= 15 is 0 Å². The van der Waals surface area contributed by atoms with Crippen molar-refractivity contribution < 1.29 is 4.79 Å². The number of aromatic nitrogens is 3. The quantitative estimate of drug-likeness (QED) is 0.813. The zero-order valence-electron chi connectivity index (χ0n) is 11.8. The van der Waals surface area contributed by atoms with Crippen LogP contribution in [0.25, 0.3) is 0 Å². The van der Waals surface area contributed by atoms with E-state index in [-0.39, 0.29) is 17.5 Å². The minimum atomic E-state index is -0.125. The SMILES string of the molecule is CC(NC(=O)CCNC(C)(C)C)c1nncn1C. The summed E-state index contributed by atoms with van der Waals surface area (Å²) in [5.74, 6) is 0.773. The third kappa shape index (κ3) is 4.83. The van der Waals surface area contributed by atoms with Gasteiger partial charge in [0, 0.05) is 25.6 Å². The first-order valence-electron chi connectivity index (χ1n) is 6.18. The number of hydrogen-bond donors (Lipinski definition) is 2. The van der Waals surface area contributed by atoms with E-state index in [9.17, 15) is 4.79 Å². The number of hydrogen-bond acceptors (Lipinski definition) is 4. The van der Waals surface area contributed by atoms with Gasteiger partial charge in [0.2, 0.25) is 5.91 Å². The molecule has 1 rings (SSSR count). The summed E-state index contributed by atoms with van der Waals surface area (Å²) in [6.45, 7) is 8.80. The maximum absolute atomic E-state index is 11.7. The van der Waals surface area contributed by atoms with E-state index in [1.807, 2.05) is 14.0 Å². The number of rotatable bonds is 5. The van der Waals surface area contributed by atoms with Crippen molar-refractivity contribution >= 4 is 5.91 Å². The van der Waals surface area contributed by atoms with Crippen molar-refractivity contribution in [1.29, 1.82) is 0 Å². The zero-order valence-corrected chi connectivity index (χ0v) is 11.8. The van der Waals surface area contributed by atoms with Crippen LogP contribution in [0.5, 0.6) is 0 Å². The van der Waals surface area contributed by atoms with Crippen LogP contribution in [0.15, 0.2) is 6.33 Å². The van der Waals surface area contributed by atoms with Crippen LogP contribution >= 0.6 is 0 Å². The molecule has 102 valence electrons. The lowest BCUT2D eigenvalue weighted by Crippen LogP contribution is -2.39. The summed E-state index contributed by atoms with van der Waals surface area (Å²) in [7, 11) is 1.86. The number of carbonyl (C=O) groups excluding carboxylic acids is 1. The highest BCUT2D eigenvalue weighted by molar-refractivity contribution is 5.76. The van der Waals surface area contributed by atoms with Crippen LogP contribution in [-0.4, -0.2) is 32.8 Å². The summed E-state index contributed by atoms with van der Waals surface area (Å²) in [6.07, 6.45) is 2.08. The molecule has 0 aliphatic heterocycles. The molecule has 6 heteroatoms. The van der Waals surface area contributed by atoms with Gasteiger partial charge in [-0.1, -0.05) is 0 Å². The molecule has 1 amide bonds. The maximum Gasteiger partial charge on any atom is 0.221 e. The van der Waals surface area contributed by atoms with Gasteiger partial charge in [0.25, 0.3) is 0 Å². The molecular weight excluding hydrogens is 230 g/mol. The predicted octanol–water partition coefficient (Wildman–Crippen LogP) is 0.770. The van der Waals surface area contributed by atoms with Crippen molar-refractivity contribution in [1.82, 2.24) is 25.4 Å². The summed E-state index contributed by atoms with van der Waals surface area (Å²) in [4.78, 5) is 11.7. The fourth-order valence-corrected chi connectivity index (χ4v) is 1.61. The normalized spacial score (nSPS) is 13.4. The zero-order chi connectivity index (χ0) is 13.8. The highest BCUT2D eigenvalue weighted by Crippen LogP contribution is 2.07. The molecule has 0 saturated heterocycles. The minimum absolute atomic E-state index is 0.0160. The number of carbonyl (C=O) groups is 1. The van der Waals surface area contributed by atoms with Gasteiger partial charge in [-0.2, -0.15) is 0 Å². The molecule has 0 aromatic carbocycles. The smallest absolute Gasteiger partial charge is 0.221 e. The number of amides is 1. The van der Waals surface area contributed by atoms with Crippen LogP contribution in [0, 0.1) is 0 Å². The first-order valence-corrected chi connectivity index (χ1v) is 6.18. The lowest BCUT2D eigenvalue weighted by atomic mass is 10.1. The van der Waals surface area contributed by atoms with E-state index < -0.39 is 0 Å². The van der Waals surface area contributed by atoms with Crippen LogP contribution in [0.1, 0.15) is 46.0 Å². The highest BCUT2D eigenvalue weighted by atomic mass is 16.1. The third-order valence-corrected chi connectivity index (χ3v) is 2.52. The standard InChI is InChI=1S/C12H23N5O/c1-9(11-16-14-8-17(11)5)15-10(18)6-7-13-12(2,3)4/h8-9,13H,6-7H2,1-5H3,(H,15,18). The van der Waals surface area contributed by atoms with E-state index in [0.29, 0.717) is 13.0 Å². The largest absolute Gasteiger partial charge is 0.346 e. The molecule has 18 heavy (non-hydrogen) atoms. The molecule has 0 spiro atoms. The number of aryl methyl sites for hydroxylation is 1. The fraction of sp³-hybridized carbons (Fsp3) is 0.750. The Morgan fingerprint density at radius 3 is 2.67 bits per heavy atom. The van der Waals surface area contributed by atoms with Gasteiger partial charge < -0.3 is 15.2 Å². The lowest BCUT2D eigenvalue weighted by molar-refractivity contribution is -0.121. The molecule has 0 saturated carbocycles. The van der Waals surface area contributed by atoms with E-state index in [4.69, 9.17) is 0 Å². The fourth-order valence-electron chi connectivity index (χ4n) is 1.61. The summed E-state index contributed by atoms with van der Waals surface area (Å²) in [5.41, 5.74) is 0.0372. The Bertz CT molecular complexity index is 393. The molecule has 6 nitrogen and oxygen atoms in total. The number of nitrogens with zero attached hydrogens (tertiary/aromatic N) is 3. The van der Waals surface area contributed by atoms with Crippen molar-refractivity contribution in [2.45, 2.75) is 45.7 Å². The van der Waals surface area contributed by atoms with Gasteiger partial charge in [0.15, 0.2) is 5.82 Å². The maximum atomic E-state index is 11.7. The molecule has 1 atom stereocenters. The Kier molecular flexibility index (Phi) is 4.84. The van der Waals surface area contributed by atoms with E-state index in [0.717, 1.165) is 5.82 Å². The molecule has 0 aliphatic carbocycles. The van der Waals surface area contributed by atoms with Crippen molar-refractivity contribution in [3.05, 3.63) is 12.2 Å². The van der Waals surface area contributed by atoms with E-state index in [1.165, 1.54) is 0 Å². The predicted molar refractivity (Wildman–Crippen MR) is 69.9 cm³/mol. The Morgan fingerprint density at radius 1 is 1.50 bits per heavy atom. The molecule has 1 heterocycles. The van der Waals surface area contributed by atoms with E-state index in [2.05, 4.69) is 41.6 Å². The van der Waals surface area contributed by atoms with E-state index in [1.54, 1.807) is 10.9 Å². The molecule has 0 bridgehead atoms. The second-order valence-corrected chi connectivity index (χ2v) is 5.52. The molecule has 1 aromatic heterocycles. The first kappa shape index (κ1) is 14.6. The summed E-state index contributed by atoms with van der Waals surface area (Å²) in [5, 5.41) is 14.0. The summed E-state index contributed by atoms with van der Waals surface area (Å²) >= 11 is 0. The van der Waals surface area contributed by atoms with Gasteiger partial charge in [-0.25, -0.2) is 0 Å². The van der Waals surface area contributed by atoms with Crippen LogP contribution in [0.4, 0.5) is 0 Å². The van der Waals surface area contributed by atoms with Crippen LogP contribution in [0.2, 0.25) is 0 Å². The second kappa shape index (κ2) is 5.95. The molecule has 0 radical (unpaired) electrons. The molecule has 0 aliphatic rings. The average molecular weight is 253 g/mol. The van der Waals surface area contributed by atoms with Gasteiger partial charge in [-0.05, 0) is 27.7 Å². The Balaban J connectivity index is 2.35. The van der Waals surface area contributed by atoms with Gasteiger partial charge in [0.05, 0.1) is 6.04 Å². The molecule has 2 N–H and O–H groups in total.